The summed E-state index contributed by atoms with van der Waals surface area (Å²) >= 11 is 0. The molecule has 17 heavy (non-hydrogen) atoms. The number of nitrogens with zero attached hydrogens (tertiary/aromatic N) is 2. The van der Waals surface area contributed by atoms with Crippen molar-refractivity contribution in [2.45, 2.75) is 37.6 Å². The average molecular weight is 234 g/mol. The lowest BCUT2D eigenvalue weighted by molar-refractivity contribution is 0.236. The van der Waals surface area contributed by atoms with Gasteiger partial charge in [-0.05, 0) is 19.9 Å². The number of hydrogen-bond donors (Lipinski definition) is 2. The standard InChI is InChI=1S/C13H22N4/c1-17-7-6-14-12(9-17)13-15-8-11(16-13)10-4-2-3-5-10/h8,10,12,14H,2-7,9H2,1H3,(H,15,16). The second-order valence-corrected chi connectivity index (χ2v) is 5.47. The number of aromatic amines is 1. The Hall–Kier alpha value is -0.870. The van der Waals surface area contributed by atoms with Gasteiger partial charge >= 0.3 is 0 Å². The van der Waals surface area contributed by atoms with Crippen LogP contribution in [0.3, 0.4) is 0 Å². The summed E-state index contributed by atoms with van der Waals surface area (Å²) in [5, 5.41) is 3.53. The summed E-state index contributed by atoms with van der Waals surface area (Å²) in [4.78, 5) is 10.5. The average Bonchev–Trinajstić information content (AvgIpc) is 3.00. The van der Waals surface area contributed by atoms with Crippen molar-refractivity contribution < 1.29 is 0 Å². The van der Waals surface area contributed by atoms with Crippen LogP contribution in [0.4, 0.5) is 0 Å². The molecule has 0 amide bonds. The molecule has 1 unspecified atom stereocenters. The predicted molar refractivity (Wildman–Crippen MR) is 68.0 cm³/mol. The van der Waals surface area contributed by atoms with E-state index in [2.05, 4.69) is 33.4 Å². The van der Waals surface area contributed by atoms with Gasteiger partial charge < -0.3 is 15.2 Å². The second-order valence-electron chi connectivity index (χ2n) is 5.47. The molecule has 1 aromatic rings. The van der Waals surface area contributed by atoms with Crippen LogP contribution >= 0.6 is 0 Å². The Bertz CT molecular complexity index is 367. The Morgan fingerprint density at radius 2 is 2.18 bits per heavy atom. The van der Waals surface area contributed by atoms with E-state index >= 15 is 0 Å². The molecule has 1 aliphatic heterocycles. The number of H-pyrrole nitrogens is 1. The minimum absolute atomic E-state index is 0.379. The molecule has 0 spiro atoms. The SMILES string of the molecule is CN1CCNC(c2ncc(C3CCCC3)[nH]2)C1. The first kappa shape index (κ1) is 11.2. The highest BCUT2D eigenvalue weighted by molar-refractivity contribution is 5.12. The first-order chi connectivity index (χ1) is 8.33. The van der Waals surface area contributed by atoms with Crippen LogP contribution in [-0.4, -0.2) is 41.5 Å². The Labute approximate surface area is 103 Å². The fourth-order valence-electron chi connectivity index (χ4n) is 3.05. The number of likely N-dealkylation sites (N-methyl/N-ethyl adjacent to an activating group) is 1. The molecule has 2 N–H and O–H groups in total. The molecule has 1 saturated carbocycles. The summed E-state index contributed by atoms with van der Waals surface area (Å²) in [6.45, 7) is 3.24. The Morgan fingerprint density at radius 1 is 1.35 bits per heavy atom. The quantitative estimate of drug-likeness (QED) is 0.817. The van der Waals surface area contributed by atoms with Crippen molar-refractivity contribution in [1.82, 2.24) is 20.2 Å². The van der Waals surface area contributed by atoms with Crippen LogP contribution in [0.25, 0.3) is 0 Å². The smallest absolute Gasteiger partial charge is 0.124 e. The first-order valence-corrected chi connectivity index (χ1v) is 6.79. The van der Waals surface area contributed by atoms with E-state index in [-0.39, 0.29) is 0 Å². The topological polar surface area (TPSA) is 44.0 Å². The molecular weight excluding hydrogens is 212 g/mol. The van der Waals surface area contributed by atoms with Gasteiger partial charge in [-0.3, -0.25) is 0 Å². The number of hydrogen-bond acceptors (Lipinski definition) is 3. The molecule has 3 rings (SSSR count). The summed E-state index contributed by atoms with van der Waals surface area (Å²) in [5.74, 6) is 1.86. The highest BCUT2D eigenvalue weighted by Gasteiger charge is 2.23. The Kier molecular flexibility index (Phi) is 3.16. The fourth-order valence-corrected chi connectivity index (χ4v) is 3.05. The zero-order valence-electron chi connectivity index (χ0n) is 10.6. The first-order valence-electron chi connectivity index (χ1n) is 6.79. The van der Waals surface area contributed by atoms with Crippen LogP contribution in [0.1, 0.15) is 49.2 Å². The molecule has 0 radical (unpaired) electrons. The van der Waals surface area contributed by atoms with Gasteiger partial charge in [0, 0.05) is 37.4 Å². The van der Waals surface area contributed by atoms with Gasteiger partial charge in [0.1, 0.15) is 5.82 Å². The van der Waals surface area contributed by atoms with Crippen molar-refractivity contribution in [3.05, 3.63) is 17.7 Å². The number of aromatic nitrogens is 2. The maximum Gasteiger partial charge on any atom is 0.124 e. The van der Waals surface area contributed by atoms with Crippen molar-refractivity contribution >= 4 is 0 Å². The highest BCUT2D eigenvalue weighted by atomic mass is 15.2. The van der Waals surface area contributed by atoms with E-state index in [0.29, 0.717) is 6.04 Å². The van der Waals surface area contributed by atoms with Gasteiger partial charge in [0.25, 0.3) is 0 Å². The largest absolute Gasteiger partial charge is 0.344 e. The molecule has 2 heterocycles. The van der Waals surface area contributed by atoms with Gasteiger partial charge in [0.2, 0.25) is 0 Å². The van der Waals surface area contributed by atoms with Crippen LogP contribution in [0.15, 0.2) is 6.20 Å². The molecule has 1 saturated heterocycles. The van der Waals surface area contributed by atoms with Gasteiger partial charge in [0.15, 0.2) is 0 Å². The highest BCUT2D eigenvalue weighted by Crippen LogP contribution is 2.33. The lowest BCUT2D eigenvalue weighted by Crippen LogP contribution is -2.44. The minimum atomic E-state index is 0.379. The summed E-state index contributed by atoms with van der Waals surface area (Å²) in [6, 6.07) is 0.379. The molecule has 4 heteroatoms. The van der Waals surface area contributed by atoms with Crippen LogP contribution in [0, 0.1) is 0 Å². The summed E-state index contributed by atoms with van der Waals surface area (Å²) in [5.41, 5.74) is 1.35. The van der Waals surface area contributed by atoms with Gasteiger partial charge in [-0.15, -0.1) is 0 Å². The third-order valence-electron chi connectivity index (χ3n) is 4.12. The van der Waals surface area contributed by atoms with E-state index < -0.39 is 0 Å². The number of imidazole rings is 1. The maximum atomic E-state index is 4.57. The molecule has 0 aromatic carbocycles. The molecule has 2 fully saturated rings. The fraction of sp³-hybridized carbons (Fsp3) is 0.769. The molecule has 1 atom stereocenters. The van der Waals surface area contributed by atoms with E-state index in [1.54, 1.807) is 0 Å². The minimum Gasteiger partial charge on any atom is -0.344 e. The Balaban J connectivity index is 1.70. The molecular formula is C13H22N4. The van der Waals surface area contributed by atoms with Crippen molar-refractivity contribution in [2.24, 2.45) is 0 Å². The predicted octanol–water partition coefficient (Wildman–Crippen LogP) is 1.64. The summed E-state index contributed by atoms with van der Waals surface area (Å²) < 4.78 is 0. The molecule has 1 aliphatic carbocycles. The number of piperazine rings is 1. The van der Waals surface area contributed by atoms with Gasteiger partial charge in [-0.2, -0.15) is 0 Å². The van der Waals surface area contributed by atoms with Crippen LogP contribution in [0.2, 0.25) is 0 Å². The lowest BCUT2D eigenvalue weighted by Gasteiger charge is -2.29. The summed E-state index contributed by atoms with van der Waals surface area (Å²) in [7, 11) is 2.18. The molecule has 2 aliphatic rings. The van der Waals surface area contributed by atoms with Crippen molar-refractivity contribution in [3.8, 4) is 0 Å². The van der Waals surface area contributed by atoms with Crippen LogP contribution < -0.4 is 5.32 Å². The molecule has 0 bridgehead atoms. The second kappa shape index (κ2) is 4.78. The van der Waals surface area contributed by atoms with Crippen molar-refractivity contribution in [1.29, 1.82) is 0 Å². The number of nitrogens with one attached hydrogen (secondary N) is 2. The van der Waals surface area contributed by atoms with Crippen LogP contribution in [0.5, 0.6) is 0 Å². The van der Waals surface area contributed by atoms with E-state index in [9.17, 15) is 0 Å². The van der Waals surface area contributed by atoms with Gasteiger partial charge in [0.05, 0.1) is 6.04 Å². The Morgan fingerprint density at radius 3 is 2.94 bits per heavy atom. The third kappa shape index (κ3) is 2.38. The van der Waals surface area contributed by atoms with E-state index in [1.165, 1.54) is 31.4 Å². The monoisotopic (exact) mass is 234 g/mol. The molecule has 1 aromatic heterocycles. The molecule has 94 valence electrons. The maximum absolute atomic E-state index is 4.57. The van der Waals surface area contributed by atoms with E-state index in [1.807, 2.05) is 0 Å². The third-order valence-corrected chi connectivity index (χ3v) is 4.12. The van der Waals surface area contributed by atoms with Crippen molar-refractivity contribution in [2.75, 3.05) is 26.7 Å². The zero-order chi connectivity index (χ0) is 11.7. The van der Waals surface area contributed by atoms with Gasteiger partial charge in [-0.25, -0.2) is 4.98 Å². The summed E-state index contributed by atoms with van der Waals surface area (Å²) in [6.07, 6.45) is 7.48. The van der Waals surface area contributed by atoms with Crippen molar-refractivity contribution in [3.63, 3.8) is 0 Å². The molecule has 4 nitrogen and oxygen atoms in total. The van der Waals surface area contributed by atoms with Crippen LogP contribution in [-0.2, 0) is 0 Å². The lowest BCUT2D eigenvalue weighted by atomic mass is 10.1. The van der Waals surface area contributed by atoms with Gasteiger partial charge in [-0.1, -0.05) is 12.8 Å². The normalized spacial score (nSPS) is 27.7. The zero-order valence-corrected chi connectivity index (χ0v) is 10.6. The van der Waals surface area contributed by atoms with E-state index in [4.69, 9.17) is 0 Å². The van der Waals surface area contributed by atoms with E-state index in [0.717, 1.165) is 31.4 Å². The number of rotatable bonds is 2.